The smallest absolute Gasteiger partial charge is 0.329 e. The fraction of sp³-hybridized carbons (Fsp3) is 0.450. The summed E-state index contributed by atoms with van der Waals surface area (Å²) in [7, 11) is 0. The zero-order valence-corrected chi connectivity index (χ0v) is 16.7. The highest BCUT2D eigenvalue weighted by molar-refractivity contribution is 6.30. The second-order valence-electron chi connectivity index (χ2n) is 6.94. The molecule has 1 aliphatic heterocycles. The third-order valence-corrected chi connectivity index (χ3v) is 5.01. The van der Waals surface area contributed by atoms with Gasteiger partial charge in [0.25, 0.3) is 5.56 Å². The molecule has 0 radical (unpaired) electrons. The molecule has 0 fully saturated rings. The maximum absolute atomic E-state index is 13.6. The third kappa shape index (κ3) is 4.35. The van der Waals surface area contributed by atoms with Gasteiger partial charge in [0.2, 0.25) is 0 Å². The van der Waals surface area contributed by atoms with Crippen LogP contribution in [0, 0.1) is 12.7 Å². The molecule has 6 nitrogen and oxygen atoms in total. The zero-order chi connectivity index (χ0) is 20.3. The molecule has 1 aliphatic rings. The number of anilines is 1. The summed E-state index contributed by atoms with van der Waals surface area (Å²) in [6.45, 7) is 4.34. The number of nitrogens with one attached hydrogen (secondary N) is 1. The van der Waals surface area contributed by atoms with Crippen molar-refractivity contribution in [3.63, 3.8) is 0 Å². The molecule has 0 bridgehead atoms. The quantitative estimate of drug-likeness (QED) is 0.558. The first-order valence-corrected chi connectivity index (χ1v) is 9.76. The molecule has 2 heterocycles. The van der Waals surface area contributed by atoms with Crippen LogP contribution >= 0.6 is 11.6 Å². The summed E-state index contributed by atoms with van der Waals surface area (Å²) in [6, 6.07) is 3.94. The minimum atomic E-state index is -0.697. The molecule has 0 aliphatic carbocycles. The first-order chi connectivity index (χ1) is 13.4. The molecule has 1 N–H and O–H groups in total. The summed E-state index contributed by atoms with van der Waals surface area (Å²) in [5, 5.41) is 3.10. The molecule has 1 atom stereocenters. The summed E-state index contributed by atoms with van der Waals surface area (Å²) < 4.78 is 20.2. The van der Waals surface area contributed by atoms with E-state index in [0.717, 1.165) is 18.4 Å². The number of hydrogen-bond acceptors (Lipinski definition) is 5. The Morgan fingerprint density at radius 2 is 2.21 bits per heavy atom. The number of nitrogens with zero attached hydrogens (tertiary/aromatic N) is 2. The molecule has 0 unspecified atom stereocenters. The molecule has 8 heteroatoms. The molecule has 2 aromatic rings. The highest BCUT2D eigenvalue weighted by Gasteiger charge is 2.33. The first-order valence-electron chi connectivity index (χ1n) is 9.38. The number of carbonyl (C=O) groups is 1. The van der Waals surface area contributed by atoms with Crippen LogP contribution in [0.3, 0.4) is 0 Å². The topological polar surface area (TPSA) is 73.2 Å². The second kappa shape index (κ2) is 8.73. The number of aryl methyl sites for hydroxylation is 1. The van der Waals surface area contributed by atoms with Crippen molar-refractivity contribution >= 4 is 23.4 Å². The highest BCUT2D eigenvalue weighted by Crippen LogP contribution is 2.29. The van der Waals surface area contributed by atoms with Gasteiger partial charge in [0.15, 0.2) is 11.0 Å². The predicted molar refractivity (Wildman–Crippen MR) is 105 cm³/mol. The van der Waals surface area contributed by atoms with Crippen molar-refractivity contribution in [2.75, 3.05) is 11.9 Å². The number of esters is 1. The Balaban J connectivity index is 1.83. The molecule has 28 heavy (non-hydrogen) atoms. The van der Waals surface area contributed by atoms with E-state index < -0.39 is 17.6 Å². The Morgan fingerprint density at radius 1 is 1.43 bits per heavy atom. The van der Waals surface area contributed by atoms with E-state index in [1.54, 1.807) is 6.92 Å². The van der Waals surface area contributed by atoms with Gasteiger partial charge in [-0.05, 0) is 49.4 Å². The number of benzene rings is 1. The van der Waals surface area contributed by atoms with Crippen molar-refractivity contribution in [1.29, 1.82) is 0 Å². The number of aromatic nitrogens is 2. The largest absolute Gasteiger partial charge is 0.464 e. The van der Waals surface area contributed by atoms with Gasteiger partial charge in [0.1, 0.15) is 11.9 Å². The monoisotopic (exact) mass is 407 g/mol. The Kier molecular flexibility index (Phi) is 6.34. The van der Waals surface area contributed by atoms with Crippen LogP contribution in [0.15, 0.2) is 23.0 Å². The Labute approximate surface area is 167 Å². The maximum atomic E-state index is 13.6. The lowest BCUT2D eigenvalue weighted by Gasteiger charge is -2.16. The normalized spacial score (nSPS) is 15.4. The van der Waals surface area contributed by atoms with E-state index in [1.807, 2.05) is 13.0 Å². The van der Waals surface area contributed by atoms with Gasteiger partial charge in [-0.1, -0.05) is 31.0 Å². The van der Waals surface area contributed by atoms with Gasteiger partial charge < -0.3 is 10.1 Å². The molecule has 1 aromatic heterocycles. The van der Waals surface area contributed by atoms with Crippen molar-refractivity contribution in [2.24, 2.45) is 0 Å². The lowest BCUT2D eigenvalue weighted by Crippen LogP contribution is -2.31. The summed E-state index contributed by atoms with van der Waals surface area (Å²) in [6.07, 6.45) is 2.63. The average molecular weight is 408 g/mol. The van der Waals surface area contributed by atoms with E-state index in [4.69, 9.17) is 16.3 Å². The summed E-state index contributed by atoms with van der Waals surface area (Å²) in [5.74, 6) is -0.740. The van der Waals surface area contributed by atoms with Crippen LogP contribution < -0.4 is 10.9 Å². The van der Waals surface area contributed by atoms with Gasteiger partial charge >= 0.3 is 5.97 Å². The van der Waals surface area contributed by atoms with Crippen molar-refractivity contribution in [2.45, 2.75) is 52.1 Å². The van der Waals surface area contributed by atoms with Gasteiger partial charge in [-0.25, -0.2) is 14.2 Å². The Hall–Kier alpha value is -2.41. The van der Waals surface area contributed by atoms with E-state index >= 15 is 0 Å². The molecule has 0 spiro atoms. The number of hydrogen-bond donors (Lipinski definition) is 1. The molecule has 0 amide bonds. The van der Waals surface area contributed by atoms with Gasteiger partial charge in [-0.2, -0.15) is 0 Å². The second-order valence-corrected chi connectivity index (χ2v) is 7.30. The van der Waals surface area contributed by atoms with Crippen molar-refractivity contribution in [1.82, 2.24) is 9.55 Å². The minimum absolute atomic E-state index is 0.0314. The van der Waals surface area contributed by atoms with Crippen LogP contribution in [-0.4, -0.2) is 22.1 Å². The van der Waals surface area contributed by atoms with Crippen LogP contribution in [0.5, 0.6) is 0 Å². The van der Waals surface area contributed by atoms with Gasteiger partial charge in [-0.3, -0.25) is 9.36 Å². The number of fused-ring (bicyclic) bond motifs is 1. The van der Waals surface area contributed by atoms with E-state index in [2.05, 4.69) is 10.3 Å². The number of ether oxygens (including phenoxy) is 1. The lowest BCUT2D eigenvalue weighted by atomic mass is 10.1. The molecule has 1 aromatic carbocycles. The minimum Gasteiger partial charge on any atom is -0.464 e. The summed E-state index contributed by atoms with van der Waals surface area (Å²) in [5.41, 5.74) is 1.57. The molecule has 3 rings (SSSR count). The van der Waals surface area contributed by atoms with Crippen LogP contribution in [0.2, 0.25) is 5.15 Å². The summed E-state index contributed by atoms with van der Waals surface area (Å²) >= 11 is 6.25. The van der Waals surface area contributed by atoms with Crippen LogP contribution in [0.4, 0.5) is 10.2 Å². The third-order valence-electron chi connectivity index (χ3n) is 4.70. The fourth-order valence-corrected chi connectivity index (χ4v) is 3.62. The first kappa shape index (κ1) is 20.3. The number of carbonyl (C=O) groups excluding carboxylic acids is 1. The number of unbranched alkanes of at least 4 members (excludes halogenated alkanes) is 1. The van der Waals surface area contributed by atoms with E-state index in [1.165, 1.54) is 16.7 Å². The van der Waals surface area contributed by atoms with Gasteiger partial charge in [0, 0.05) is 6.54 Å². The number of rotatable bonds is 7. The van der Waals surface area contributed by atoms with Crippen molar-refractivity contribution < 1.29 is 13.9 Å². The number of halogens is 2. The fourth-order valence-electron chi connectivity index (χ4n) is 3.35. The molecule has 150 valence electrons. The SMILES string of the molecule is CCCCOC(=O)[C@H]1CCc2c(Cl)nc(NCc3cc(C)cc(F)c3)c(=O)n21. The van der Waals surface area contributed by atoms with E-state index in [0.29, 0.717) is 30.7 Å². The highest BCUT2D eigenvalue weighted by atomic mass is 35.5. The Morgan fingerprint density at radius 3 is 2.93 bits per heavy atom. The van der Waals surface area contributed by atoms with Crippen LogP contribution in [0.1, 0.15) is 49.0 Å². The molecule has 0 saturated heterocycles. The maximum Gasteiger partial charge on any atom is 0.329 e. The van der Waals surface area contributed by atoms with Crippen LogP contribution in [-0.2, 0) is 22.5 Å². The van der Waals surface area contributed by atoms with E-state index in [-0.39, 0.29) is 23.3 Å². The summed E-state index contributed by atoms with van der Waals surface area (Å²) in [4.78, 5) is 29.5. The lowest BCUT2D eigenvalue weighted by molar-refractivity contribution is -0.147. The molecule has 0 saturated carbocycles. The zero-order valence-electron chi connectivity index (χ0n) is 15.9. The molecular formula is C20H23ClFN3O3. The van der Waals surface area contributed by atoms with Crippen molar-refractivity contribution in [3.8, 4) is 0 Å². The van der Waals surface area contributed by atoms with Gasteiger partial charge in [-0.15, -0.1) is 0 Å². The molecular weight excluding hydrogens is 385 g/mol. The standard InChI is InChI=1S/C20H23ClFN3O3/c1-3-4-7-28-20(27)16-6-5-15-17(21)24-18(19(26)25(15)16)23-11-13-8-12(2)9-14(22)10-13/h8-10,16H,3-7,11H2,1-2H3,(H,23,24)/t16-/m1/s1. The average Bonchev–Trinajstić information content (AvgIpc) is 3.09. The van der Waals surface area contributed by atoms with E-state index in [9.17, 15) is 14.0 Å². The van der Waals surface area contributed by atoms with Crippen LogP contribution in [0.25, 0.3) is 0 Å². The van der Waals surface area contributed by atoms with Crippen molar-refractivity contribution in [3.05, 3.63) is 56.3 Å². The Bertz CT molecular complexity index is 925. The predicted octanol–water partition coefficient (Wildman–Crippen LogP) is 3.79. The van der Waals surface area contributed by atoms with Gasteiger partial charge in [0.05, 0.1) is 12.3 Å².